The van der Waals surface area contributed by atoms with Crippen molar-refractivity contribution in [1.82, 2.24) is 23.9 Å². The molecule has 0 amide bonds. The summed E-state index contributed by atoms with van der Waals surface area (Å²) in [5.74, 6) is 0.807. The van der Waals surface area contributed by atoms with Gasteiger partial charge >= 0.3 is 0 Å². The molecule has 0 aliphatic heterocycles. The molecule has 0 aliphatic carbocycles. The molecule has 7 aromatic carbocycles. The molecule has 0 unspecified atom stereocenters. The minimum Gasteiger partial charge on any atom is -0.278 e. The van der Waals surface area contributed by atoms with Crippen LogP contribution in [0.25, 0.3) is 99.8 Å². The monoisotopic (exact) mass is 663 g/mol. The average molecular weight is 664 g/mol. The molecule has 0 N–H and O–H groups in total. The lowest BCUT2D eigenvalue weighted by atomic mass is 9.95. The molecular weight excluding hydrogens is 635 g/mol. The molecule has 0 aliphatic rings. The molecule has 4 heterocycles. The maximum atomic E-state index is 5.42. The summed E-state index contributed by atoms with van der Waals surface area (Å²) in [6.07, 6.45) is 0. The van der Waals surface area contributed by atoms with Crippen molar-refractivity contribution in [3.63, 3.8) is 0 Å². The molecule has 52 heavy (non-hydrogen) atoms. The Morgan fingerprint density at radius 1 is 0.365 bits per heavy atom. The second-order valence-electron chi connectivity index (χ2n) is 13.3. The van der Waals surface area contributed by atoms with E-state index in [2.05, 4.69) is 167 Å². The van der Waals surface area contributed by atoms with Gasteiger partial charge in [0, 0.05) is 32.7 Å². The molecule has 0 fully saturated rings. The number of fused-ring (bicyclic) bond motifs is 10. The number of imidazole rings is 1. The van der Waals surface area contributed by atoms with Crippen molar-refractivity contribution in [3.8, 4) is 39.6 Å². The molecule has 0 saturated carbocycles. The lowest BCUT2D eigenvalue weighted by molar-refractivity contribution is 0.982. The van der Waals surface area contributed by atoms with Crippen molar-refractivity contribution < 1.29 is 0 Å². The van der Waals surface area contributed by atoms with Gasteiger partial charge in [-0.15, -0.1) is 0 Å². The van der Waals surface area contributed by atoms with E-state index < -0.39 is 0 Å². The van der Waals surface area contributed by atoms with Crippen LogP contribution in [0.4, 0.5) is 0 Å². The minimum atomic E-state index is 0.807. The van der Waals surface area contributed by atoms with Crippen LogP contribution in [-0.4, -0.2) is 23.9 Å². The summed E-state index contributed by atoms with van der Waals surface area (Å²) < 4.78 is 4.57. The van der Waals surface area contributed by atoms with E-state index in [1.165, 1.54) is 0 Å². The van der Waals surface area contributed by atoms with Gasteiger partial charge in [-0.1, -0.05) is 127 Å². The predicted octanol–water partition coefficient (Wildman–Crippen LogP) is 11.7. The topological polar surface area (TPSA) is 48.0 Å². The van der Waals surface area contributed by atoms with Crippen molar-refractivity contribution in [2.24, 2.45) is 0 Å². The van der Waals surface area contributed by atoms with Crippen molar-refractivity contribution in [2.45, 2.75) is 0 Å². The zero-order chi connectivity index (χ0) is 34.2. The van der Waals surface area contributed by atoms with Crippen molar-refractivity contribution in [2.75, 3.05) is 0 Å². The van der Waals surface area contributed by atoms with Crippen LogP contribution in [0.3, 0.4) is 0 Å². The third-order valence-electron chi connectivity index (χ3n) is 10.3. The molecular formula is C47H29N5. The average Bonchev–Trinajstić information content (AvgIpc) is 3.78. The van der Waals surface area contributed by atoms with Crippen molar-refractivity contribution in [1.29, 1.82) is 0 Å². The van der Waals surface area contributed by atoms with E-state index in [-0.39, 0.29) is 0 Å². The Morgan fingerprint density at radius 2 is 0.962 bits per heavy atom. The Kier molecular flexibility index (Phi) is 6.18. The van der Waals surface area contributed by atoms with Crippen LogP contribution < -0.4 is 0 Å². The highest BCUT2D eigenvalue weighted by atomic mass is 15.2. The van der Waals surface area contributed by atoms with E-state index in [0.717, 1.165) is 99.8 Å². The van der Waals surface area contributed by atoms with E-state index in [9.17, 15) is 0 Å². The van der Waals surface area contributed by atoms with Crippen LogP contribution in [0.15, 0.2) is 176 Å². The highest BCUT2D eigenvalue weighted by Gasteiger charge is 2.23. The zero-order valence-electron chi connectivity index (χ0n) is 28.0. The minimum absolute atomic E-state index is 0.807. The fraction of sp³-hybridized carbons (Fsp3) is 0. The Labute approximate surface area is 298 Å². The standard InChI is InChI=1S/C47H29N5/c1-3-15-30(16-4-1)32-27-41(31-17-5-2-6-18-31)48-42(28-32)37-29-38-34-20-10-13-25-43(34)51(45(38)35-21-8-7-19-33(35)37)47-50-39-23-11-9-22-36(39)46-49-40-24-12-14-26-44(40)52(46)47/h1-29H. The van der Waals surface area contributed by atoms with Crippen LogP contribution >= 0.6 is 0 Å². The predicted molar refractivity (Wildman–Crippen MR) is 214 cm³/mol. The van der Waals surface area contributed by atoms with Gasteiger partial charge in [0.25, 0.3) is 0 Å². The van der Waals surface area contributed by atoms with Crippen LogP contribution in [0.2, 0.25) is 0 Å². The summed E-state index contributed by atoms with van der Waals surface area (Å²) >= 11 is 0. The van der Waals surface area contributed by atoms with Gasteiger partial charge in [0.1, 0.15) is 5.65 Å². The normalized spacial score (nSPS) is 11.8. The summed E-state index contributed by atoms with van der Waals surface area (Å²) in [7, 11) is 0. The van der Waals surface area contributed by atoms with Gasteiger partial charge in [-0.3, -0.25) is 8.97 Å². The van der Waals surface area contributed by atoms with Crippen molar-refractivity contribution >= 4 is 60.2 Å². The smallest absolute Gasteiger partial charge is 0.221 e. The number of pyridine rings is 1. The summed E-state index contributed by atoms with van der Waals surface area (Å²) in [5, 5.41) is 5.58. The number of benzene rings is 7. The number of rotatable bonds is 4. The second-order valence-corrected chi connectivity index (χ2v) is 13.3. The first-order valence-electron chi connectivity index (χ1n) is 17.5. The lowest BCUT2D eigenvalue weighted by Crippen LogP contribution is -2.06. The number of nitrogens with zero attached hydrogens (tertiary/aromatic N) is 5. The van der Waals surface area contributed by atoms with Crippen LogP contribution in [0.5, 0.6) is 0 Å². The first kappa shape index (κ1) is 28.7. The van der Waals surface area contributed by atoms with Gasteiger partial charge in [-0.25, -0.2) is 15.0 Å². The van der Waals surface area contributed by atoms with Gasteiger partial charge in [-0.2, -0.15) is 0 Å². The Hall–Kier alpha value is -7.11. The molecule has 5 heteroatoms. The fourth-order valence-corrected chi connectivity index (χ4v) is 7.94. The SMILES string of the molecule is c1ccc(-c2cc(-c3ccccc3)nc(-c3cc4c5ccccc5n(-c5nc6ccccc6c6nc7ccccc7n56)c4c4ccccc34)c2)cc1. The summed E-state index contributed by atoms with van der Waals surface area (Å²) in [6.45, 7) is 0. The molecule has 0 saturated heterocycles. The number of hydrogen-bond donors (Lipinski definition) is 0. The summed E-state index contributed by atoms with van der Waals surface area (Å²) in [4.78, 5) is 15.9. The Morgan fingerprint density at radius 3 is 1.75 bits per heavy atom. The highest BCUT2D eigenvalue weighted by molar-refractivity contribution is 6.22. The van der Waals surface area contributed by atoms with Gasteiger partial charge < -0.3 is 0 Å². The third-order valence-corrected chi connectivity index (χ3v) is 10.3. The van der Waals surface area contributed by atoms with Crippen LogP contribution in [0.1, 0.15) is 0 Å². The summed E-state index contributed by atoms with van der Waals surface area (Å²) in [5.41, 5.74) is 12.3. The summed E-state index contributed by atoms with van der Waals surface area (Å²) in [6, 6.07) is 61.8. The molecule has 0 bridgehead atoms. The van der Waals surface area contributed by atoms with Crippen molar-refractivity contribution in [3.05, 3.63) is 176 Å². The maximum Gasteiger partial charge on any atom is 0.221 e. The largest absolute Gasteiger partial charge is 0.278 e. The van der Waals surface area contributed by atoms with Crippen LogP contribution in [0, 0.1) is 0 Å². The van der Waals surface area contributed by atoms with Crippen LogP contribution in [-0.2, 0) is 0 Å². The van der Waals surface area contributed by atoms with Gasteiger partial charge in [0.2, 0.25) is 5.95 Å². The van der Waals surface area contributed by atoms with Gasteiger partial charge in [0.05, 0.1) is 39.0 Å². The Balaban J connectivity index is 1.28. The molecule has 242 valence electrons. The van der Waals surface area contributed by atoms with E-state index in [0.29, 0.717) is 0 Å². The molecule has 11 rings (SSSR count). The number of para-hydroxylation sites is 4. The molecule has 11 aromatic rings. The quantitative estimate of drug-likeness (QED) is 0.188. The Bertz CT molecular complexity index is 3120. The second kappa shape index (κ2) is 11.2. The third kappa shape index (κ3) is 4.26. The zero-order valence-corrected chi connectivity index (χ0v) is 28.0. The van der Waals surface area contributed by atoms with E-state index in [1.54, 1.807) is 0 Å². The molecule has 0 spiro atoms. The lowest BCUT2D eigenvalue weighted by Gasteiger charge is -2.15. The van der Waals surface area contributed by atoms with Gasteiger partial charge in [-0.05, 0) is 65.0 Å². The van der Waals surface area contributed by atoms with Gasteiger partial charge in [0.15, 0.2) is 0 Å². The highest BCUT2D eigenvalue weighted by Crippen LogP contribution is 2.42. The molecule has 4 aromatic heterocycles. The fourth-order valence-electron chi connectivity index (χ4n) is 7.94. The molecule has 0 radical (unpaired) electrons. The first-order chi connectivity index (χ1) is 25.8. The van der Waals surface area contributed by atoms with E-state index in [1.807, 2.05) is 18.2 Å². The molecule has 5 nitrogen and oxygen atoms in total. The molecule has 0 atom stereocenters. The van der Waals surface area contributed by atoms with E-state index in [4.69, 9.17) is 15.0 Å². The number of aromatic nitrogens is 5. The van der Waals surface area contributed by atoms with E-state index >= 15 is 0 Å². The first-order valence-corrected chi connectivity index (χ1v) is 17.5. The number of hydrogen-bond acceptors (Lipinski definition) is 3. The maximum absolute atomic E-state index is 5.42.